The van der Waals surface area contributed by atoms with Crippen LogP contribution in [0.5, 0.6) is 0 Å². The Morgan fingerprint density at radius 3 is 2.59 bits per heavy atom. The molecule has 1 atom stereocenters. The van der Waals surface area contributed by atoms with Crippen LogP contribution < -0.4 is 10.6 Å². The largest absolute Gasteiger partial charge is 0.463 e. The molecule has 2 aromatic carbocycles. The fourth-order valence-electron chi connectivity index (χ4n) is 2.81. The van der Waals surface area contributed by atoms with E-state index in [-0.39, 0.29) is 11.8 Å². The van der Waals surface area contributed by atoms with Gasteiger partial charge < -0.3 is 15.4 Å². The number of carbonyl (C=O) groups excluding carboxylic acids is 1. The molecule has 1 unspecified atom stereocenters. The fourth-order valence-corrected chi connectivity index (χ4v) is 3.92. The van der Waals surface area contributed by atoms with Gasteiger partial charge >= 0.3 is 5.97 Å². The number of benzene rings is 2. The van der Waals surface area contributed by atoms with Crippen molar-refractivity contribution in [3.8, 4) is 0 Å². The number of hydrogen-bond acceptors (Lipinski definition) is 4. The van der Waals surface area contributed by atoms with Crippen LogP contribution in [0.25, 0.3) is 0 Å². The van der Waals surface area contributed by atoms with Gasteiger partial charge in [-0.3, -0.25) is 0 Å². The zero-order valence-corrected chi connectivity index (χ0v) is 16.5. The van der Waals surface area contributed by atoms with Crippen molar-refractivity contribution in [1.82, 2.24) is 10.6 Å². The number of hydrogen-bond donors (Lipinski definition) is 2. The van der Waals surface area contributed by atoms with Gasteiger partial charge in [-0.2, -0.15) is 0 Å². The summed E-state index contributed by atoms with van der Waals surface area (Å²) in [5.41, 5.74) is 2.05. The SMILES string of the molecule is CCOC(=O)C1=C(C)NC(=S)NC1c1ccc(Sc2ccccc2F)cc1. The van der Waals surface area contributed by atoms with Gasteiger partial charge in [0.25, 0.3) is 0 Å². The Hall–Kier alpha value is -2.38. The average Bonchev–Trinajstić information content (AvgIpc) is 2.64. The first-order chi connectivity index (χ1) is 13.0. The number of halogens is 1. The highest BCUT2D eigenvalue weighted by Crippen LogP contribution is 2.32. The summed E-state index contributed by atoms with van der Waals surface area (Å²) < 4.78 is 19.0. The van der Waals surface area contributed by atoms with Crippen LogP contribution in [0.15, 0.2) is 69.6 Å². The van der Waals surface area contributed by atoms with E-state index in [9.17, 15) is 9.18 Å². The maximum atomic E-state index is 13.8. The van der Waals surface area contributed by atoms with Gasteiger partial charge in [-0.05, 0) is 55.9 Å². The third-order valence-electron chi connectivity index (χ3n) is 4.04. The van der Waals surface area contributed by atoms with E-state index in [0.29, 0.717) is 27.9 Å². The predicted octanol–water partition coefficient (Wildman–Crippen LogP) is 4.33. The van der Waals surface area contributed by atoms with E-state index in [2.05, 4.69) is 10.6 Å². The zero-order chi connectivity index (χ0) is 19.4. The number of allylic oxidation sites excluding steroid dienone is 1. The summed E-state index contributed by atoms with van der Waals surface area (Å²) in [6.07, 6.45) is 0. The third kappa shape index (κ3) is 4.48. The first kappa shape index (κ1) is 19.4. The van der Waals surface area contributed by atoms with Crippen molar-refractivity contribution in [3.63, 3.8) is 0 Å². The molecule has 0 radical (unpaired) electrons. The smallest absolute Gasteiger partial charge is 0.338 e. The molecule has 1 heterocycles. The van der Waals surface area contributed by atoms with Crippen LogP contribution in [0, 0.1) is 5.82 Å². The van der Waals surface area contributed by atoms with Crippen LogP contribution >= 0.6 is 24.0 Å². The van der Waals surface area contributed by atoms with Crippen LogP contribution in [0.2, 0.25) is 0 Å². The van der Waals surface area contributed by atoms with Gasteiger partial charge in [-0.15, -0.1) is 0 Å². The van der Waals surface area contributed by atoms with Gasteiger partial charge in [0.1, 0.15) is 5.82 Å². The van der Waals surface area contributed by atoms with Gasteiger partial charge in [0.2, 0.25) is 0 Å². The van der Waals surface area contributed by atoms with E-state index in [4.69, 9.17) is 17.0 Å². The van der Waals surface area contributed by atoms with Crippen molar-refractivity contribution in [2.45, 2.75) is 29.7 Å². The van der Waals surface area contributed by atoms with Crippen LogP contribution in [-0.4, -0.2) is 17.7 Å². The quantitative estimate of drug-likeness (QED) is 0.573. The van der Waals surface area contributed by atoms with Crippen LogP contribution in [0.3, 0.4) is 0 Å². The summed E-state index contributed by atoms with van der Waals surface area (Å²) >= 11 is 6.59. The maximum Gasteiger partial charge on any atom is 0.338 e. The van der Waals surface area contributed by atoms with Crippen molar-refractivity contribution >= 4 is 35.1 Å². The van der Waals surface area contributed by atoms with Crippen molar-refractivity contribution in [3.05, 3.63) is 71.2 Å². The minimum Gasteiger partial charge on any atom is -0.463 e. The third-order valence-corrected chi connectivity index (χ3v) is 5.32. The molecule has 0 amide bonds. The van der Waals surface area contributed by atoms with Crippen molar-refractivity contribution in [2.24, 2.45) is 0 Å². The highest BCUT2D eigenvalue weighted by atomic mass is 32.2. The molecule has 0 saturated heterocycles. The summed E-state index contributed by atoms with van der Waals surface area (Å²) in [5.74, 6) is -0.632. The van der Waals surface area contributed by atoms with Gasteiger partial charge in [-0.1, -0.05) is 36.0 Å². The number of thiocarbonyl (C=S) groups is 1. The topological polar surface area (TPSA) is 50.4 Å². The molecule has 0 aliphatic carbocycles. The monoisotopic (exact) mass is 402 g/mol. The molecular formula is C20H19FN2O2S2. The lowest BCUT2D eigenvalue weighted by Crippen LogP contribution is -2.45. The molecule has 0 aromatic heterocycles. The van der Waals surface area contributed by atoms with Gasteiger partial charge in [0.05, 0.1) is 18.2 Å². The van der Waals surface area contributed by atoms with Gasteiger partial charge in [0, 0.05) is 15.5 Å². The normalized spacial score (nSPS) is 16.6. The Bertz CT molecular complexity index is 897. The van der Waals surface area contributed by atoms with Crippen molar-refractivity contribution < 1.29 is 13.9 Å². The standard InChI is InChI=1S/C20H19FN2O2S2/c1-3-25-19(24)17-12(2)22-20(26)23-18(17)13-8-10-14(11-9-13)27-16-7-5-4-6-15(16)21/h4-11,18H,3H2,1-2H3,(H2,22,23,26). The summed E-state index contributed by atoms with van der Waals surface area (Å²) in [4.78, 5) is 13.9. The summed E-state index contributed by atoms with van der Waals surface area (Å²) in [5, 5.41) is 6.55. The summed E-state index contributed by atoms with van der Waals surface area (Å²) in [7, 11) is 0. The van der Waals surface area contributed by atoms with E-state index in [0.717, 1.165) is 10.5 Å². The van der Waals surface area contributed by atoms with Crippen molar-refractivity contribution in [1.29, 1.82) is 0 Å². The second-order valence-corrected chi connectivity index (χ2v) is 7.42. The second kappa shape index (κ2) is 8.54. The maximum absolute atomic E-state index is 13.8. The Labute approximate surface area is 167 Å². The molecule has 0 spiro atoms. The number of nitrogens with one attached hydrogen (secondary N) is 2. The lowest BCUT2D eigenvalue weighted by Gasteiger charge is -2.29. The zero-order valence-electron chi connectivity index (χ0n) is 14.9. The van der Waals surface area contributed by atoms with Crippen LogP contribution in [-0.2, 0) is 9.53 Å². The van der Waals surface area contributed by atoms with E-state index in [1.807, 2.05) is 24.3 Å². The first-order valence-electron chi connectivity index (χ1n) is 8.47. The molecule has 4 nitrogen and oxygen atoms in total. The average molecular weight is 403 g/mol. The molecule has 3 rings (SSSR count). The lowest BCUT2D eigenvalue weighted by atomic mass is 9.96. The number of esters is 1. The molecule has 27 heavy (non-hydrogen) atoms. The molecule has 7 heteroatoms. The molecule has 2 aromatic rings. The number of carbonyl (C=O) groups is 1. The summed E-state index contributed by atoms with van der Waals surface area (Å²) in [6.45, 7) is 3.87. The lowest BCUT2D eigenvalue weighted by molar-refractivity contribution is -0.139. The first-order valence-corrected chi connectivity index (χ1v) is 9.69. The van der Waals surface area contributed by atoms with Crippen LogP contribution in [0.1, 0.15) is 25.5 Å². The Balaban J connectivity index is 1.86. The highest BCUT2D eigenvalue weighted by molar-refractivity contribution is 7.99. The highest BCUT2D eigenvalue weighted by Gasteiger charge is 2.30. The molecule has 2 N–H and O–H groups in total. The second-order valence-electron chi connectivity index (χ2n) is 5.89. The minimum atomic E-state index is -0.398. The molecule has 0 fully saturated rings. The van der Waals surface area contributed by atoms with E-state index in [1.165, 1.54) is 17.8 Å². The number of ether oxygens (including phenoxy) is 1. The van der Waals surface area contributed by atoms with Gasteiger partial charge in [-0.25, -0.2) is 9.18 Å². The Kier molecular flexibility index (Phi) is 6.13. The van der Waals surface area contributed by atoms with E-state index < -0.39 is 6.04 Å². The van der Waals surface area contributed by atoms with Crippen LogP contribution in [0.4, 0.5) is 4.39 Å². The molecule has 0 saturated carbocycles. The minimum absolute atomic E-state index is 0.250. The van der Waals surface area contributed by atoms with Gasteiger partial charge in [0.15, 0.2) is 5.11 Å². The molecule has 140 valence electrons. The Morgan fingerprint density at radius 2 is 1.93 bits per heavy atom. The predicted molar refractivity (Wildman–Crippen MR) is 108 cm³/mol. The molecule has 1 aliphatic rings. The molecule has 0 bridgehead atoms. The Morgan fingerprint density at radius 1 is 1.22 bits per heavy atom. The molecule has 1 aliphatic heterocycles. The van der Waals surface area contributed by atoms with E-state index >= 15 is 0 Å². The van der Waals surface area contributed by atoms with E-state index in [1.54, 1.807) is 32.0 Å². The molecular weight excluding hydrogens is 383 g/mol. The summed E-state index contributed by atoms with van der Waals surface area (Å²) in [6, 6.07) is 13.9. The number of rotatable bonds is 5. The fraction of sp³-hybridized carbons (Fsp3) is 0.200. The van der Waals surface area contributed by atoms with Crippen molar-refractivity contribution in [2.75, 3.05) is 6.61 Å².